The molecule has 0 saturated carbocycles. The smallest absolute Gasteiger partial charge is 0 e. The molecule has 1 atom stereocenters. The van der Waals surface area contributed by atoms with Gasteiger partial charge in [-0.15, -0.1) is 17.7 Å². The van der Waals surface area contributed by atoms with Crippen molar-refractivity contribution in [3.8, 4) is 33.6 Å². The third-order valence-corrected chi connectivity index (χ3v) is 13.2. The number of nitrogens with zero attached hydrogens (tertiary/aromatic N) is 2. The number of furan rings is 1. The predicted molar refractivity (Wildman–Crippen MR) is 207 cm³/mol. The Bertz CT molecular complexity index is 2310. The van der Waals surface area contributed by atoms with Gasteiger partial charge in [0.25, 0.3) is 0 Å². The minimum absolute atomic E-state index is 0. The van der Waals surface area contributed by atoms with E-state index >= 15 is 0 Å². The summed E-state index contributed by atoms with van der Waals surface area (Å²) in [5.74, 6) is 7.43. The quantitative estimate of drug-likeness (QED) is 0.123. The molecular formula is C45H38GeIrN2O-2. The van der Waals surface area contributed by atoms with Gasteiger partial charge in [-0.3, -0.25) is 0 Å². The van der Waals surface area contributed by atoms with Gasteiger partial charge < -0.3 is 9.40 Å². The van der Waals surface area contributed by atoms with Crippen LogP contribution in [-0.4, -0.2) is 23.2 Å². The molecule has 1 radical (unpaired) electrons. The molecule has 3 nitrogen and oxygen atoms in total. The topological polar surface area (TPSA) is 38.9 Å². The summed E-state index contributed by atoms with van der Waals surface area (Å²) >= 11 is -1.72. The van der Waals surface area contributed by atoms with Gasteiger partial charge in [-0.1, -0.05) is 97.2 Å². The van der Waals surface area contributed by atoms with E-state index in [4.69, 9.17) is 4.42 Å². The molecule has 0 saturated heterocycles. The number of aromatic nitrogens is 2. The van der Waals surface area contributed by atoms with Gasteiger partial charge >= 0.3 is 99.8 Å². The van der Waals surface area contributed by atoms with Gasteiger partial charge in [0.1, 0.15) is 5.58 Å². The molecule has 0 aliphatic rings. The summed E-state index contributed by atoms with van der Waals surface area (Å²) in [6, 6.07) is 54.5. The molecule has 5 heteroatoms. The maximum Gasteiger partial charge on any atom is 0 e. The van der Waals surface area contributed by atoms with Crippen LogP contribution in [0.4, 0.5) is 0 Å². The average molecular weight is 888 g/mol. The van der Waals surface area contributed by atoms with Crippen molar-refractivity contribution in [3.63, 3.8) is 0 Å². The molecule has 0 spiro atoms. The summed E-state index contributed by atoms with van der Waals surface area (Å²) in [5.41, 5.74) is 10.5. The van der Waals surface area contributed by atoms with Crippen LogP contribution in [0.25, 0.3) is 55.6 Å². The molecule has 1 unspecified atom stereocenters. The molecule has 8 rings (SSSR count). The second kappa shape index (κ2) is 15.5. The van der Waals surface area contributed by atoms with E-state index < -0.39 is 13.3 Å². The summed E-state index contributed by atoms with van der Waals surface area (Å²) in [6.45, 7) is 2.23. The largest absolute Gasteiger partial charge is 0 e. The van der Waals surface area contributed by atoms with E-state index in [0.717, 1.165) is 44.5 Å². The Balaban J connectivity index is 0.000000215. The van der Waals surface area contributed by atoms with E-state index in [9.17, 15) is 0 Å². The van der Waals surface area contributed by atoms with Crippen molar-refractivity contribution < 1.29 is 24.5 Å². The second-order valence-electron chi connectivity index (χ2n) is 13.3. The van der Waals surface area contributed by atoms with E-state index in [2.05, 4.69) is 137 Å². The molecule has 3 heterocycles. The van der Waals surface area contributed by atoms with Crippen molar-refractivity contribution in [3.05, 3.63) is 175 Å². The predicted octanol–water partition coefficient (Wildman–Crippen LogP) is 11.4. The molecule has 0 amide bonds. The molecule has 50 heavy (non-hydrogen) atoms. The first kappa shape index (κ1) is 35.2. The summed E-state index contributed by atoms with van der Waals surface area (Å²) in [7, 11) is 0. The maximum absolute atomic E-state index is 6.28. The van der Waals surface area contributed by atoms with Crippen molar-refractivity contribution in [2.75, 3.05) is 0 Å². The molecule has 0 N–H and O–H groups in total. The van der Waals surface area contributed by atoms with E-state index in [0.29, 0.717) is 0 Å². The van der Waals surface area contributed by atoms with Crippen molar-refractivity contribution >= 4 is 39.6 Å². The Morgan fingerprint density at radius 1 is 0.640 bits per heavy atom. The molecule has 0 aliphatic carbocycles. The van der Waals surface area contributed by atoms with Gasteiger partial charge in [0.2, 0.25) is 0 Å². The van der Waals surface area contributed by atoms with Crippen molar-refractivity contribution in [2.24, 2.45) is 0 Å². The standard InChI is InChI=1S/C31H22NO.C14H16GeN.Ir/c1-21(22-9-4-2-5-10-22)24-17-18-32-28(19-24)25-15-16-27-30(20-25)33-29-14-8-13-26(31(27)29)23-11-6-3-7-12-23;1-15(2,3)13-9-10-14(16-11-13)12-7-5-4-6-8-12;/h2-14,16-21H,1H3;4-7,9-11H,1-3H3;/q2*-1;. The minimum atomic E-state index is -1.72. The zero-order valence-corrected chi connectivity index (χ0v) is 33.1. The van der Waals surface area contributed by atoms with Crippen LogP contribution in [0, 0.1) is 12.1 Å². The molecule has 0 fully saturated rings. The molecule has 0 aliphatic heterocycles. The van der Waals surface area contributed by atoms with Gasteiger partial charge in [-0.05, 0) is 45.5 Å². The van der Waals surface area contributed by atoms with Crippen molar-refractivity contribution in [1.29, 1.82) is 0 Å². The Kier molecular flexibility index (Phi) is 10.9. The number of pyridine rings is 2. The van der Waals surface area contributed by atoms with Gasteiger partial charge in [0.05, 0.1) is 5.58 Å². The molecule has 5 aromatic carbocycles. The van der Waals surface area contributed by atoms with Crippen LogP contribution in [-0.2, 0) is 20.1 Å². The SMILES string of the molecule is CC(c1ccccc1)c1ccnc(-c2[c-]cc3c(c2)oc2cccc(-c4ccccc4)c23)c1.[CH3][Ge]([CH3])([CH3])[c]1ccc(-c2[c-]cccc2)nc1.[Ir]. The number of fused-ring (bicyclic) bond motifs is 3. The summed E-state index contributed by atoms with van der Waals surface area (Å²) < 4.78 is 7.72. The first-order chi connectivity index (χ1) is 23.8. The third kappa shape index (κ3) is 7.74. The van der Waals surface area contributed by atoms with Gasteiger partial charge in [-0.25, -0.2) is 0 Å². The van der Waals surface area contributed by atoms with Crippen LogP contribution < -0.4 is 4.40 Å². The van der Waals surface area contributed by atoms with E-state index in [1.54, 1.807) is 0 Å². The van der Waals surface area contributed by atoms with Crippen molar-refractivity contribution in [1.82, 2.24) is 9.97 Å². The fourth-order valence-electron chi connectivity index (χ4n) is 6.12. The van der Waals surface area contributed by atoms with E-state index in [1.807, 2.05) is 60.9 Å². The first-order valence-corrected chi connectivity index (χ1v) is 24.1. The zero-order valence-electron chi connectivity index (χ0n) is 28.6. The van der Waals surface area contributed by atoms with E-state index in [1.165, 1.54) is 26.6 Å². The normalized spacial score (nSPS) is 11.8. The molecule has 249 valence electrons. The molecule has 0 bridgehead atoms. The maximum atomic E-state index is 6.28. The Morgan fingerprint density at radius 3 is 2.10 bits per heavy atom. The fraction of sp³-hybridized carbons (Fsp3) is 0.111. The molecular weight excluding hydrogens is 849 g/mol. The Labute approximate surface area is 311 Å². The summed E-state index contributed by atoms with van der Waals surface area (Å²) in [6.07, 6.45) is 3.92. The summed E-state index contributed by atoms with van der Waals surface area (Å²) in [4.78, 5) is 9.17. The number of benzene rings is 5. The minimum Gasteiger partial charge on any atom is 0 e. The number of hydrogen-bond donors (Lipinski definition) is 0. The van der Waals surface area contributed by atoms with Crippen LogP contribution in [0.3, 0.4) is 0 Å². The van der Waals surface area contributed by atoms with Crippen LogP contribution >= 0.6 is 0 Å². The summed E-state index contributed by atoms with van der Waals surface area (Å²) in [5, 5.41) is 2.20. The Hall–Kier alpha value is -4.61. The third-order valence-electron chi connectivity index (χ3n) is 8.99. The fourth-order valence-corrected chi connectivity index (χ4v) is 8.29. The number of rotatable bonds is 6. The van der Waals surface area contributed by atoms with Gasteiger partial charge in [0, 0.05) is 32.2 Å². The first-order valence-electron chi connectivity index (χ1n) is 16.7. The van der Waals surface area contributed by atoms with Crippen molar-refractivity contribution in [2.45, 2.75) is 30.1 Å². The monoisotopic (exact) mass is 889 g/mol. The number of hydrogen-bond acceptors (Lipinski definition) is 3. The van der Waals surface area contributed by atoms with Gasteiger partial charge in [-0.2, -0.15) is 0 Å². The van der Waals surface area contributed by atoms with Gasteiger partial charge in [0.15, 0.2) is 0 Å². The van der Waals surface area contributed by atoms with Crippen LogP contribution in [0.1, 0.15) is 24.0 Å². The molecule has 3 aromatic heterocycles. The van der Waals surface area contributed by atoms with Crippen LogP contribution in [0.2, 0.25) is 17.3 Å². The van der Waals surface area contributed by atoms with Crippen LogP contribution in [0.5, 0.6) is 0 Å². The second-order valence-corrected chi connectivity index (χ2v) is 24.0. The van der Waals surface area contributed by atoms with E-state index in [-0.39, 0.29) is 26.0 Å². The molecule has 8 aromatic rings. The van der Waals surface area contributed by atoms with Crippen LogP contribution in [0.15, 0.2) is 156 Å². The Morgan fingerprint density at radius 2 is 1.40 bits per heavy atom. The zero-order chi connectivity index (χ0) is 33.8. The average Bonchev–Trinajstić information content (AvgIpc) is 3.54.